The monoisotopic (exact) mass is 291 g/mol. The van der Waals surface area contributed by atoms with Gasteiger partial charge in [0.05, 0.1) is 5.54 Å². The summed E-state index contributed by atoms with van der Waals surface area (Å²) in [5, 5.41) is 10.6. The number of hydrogen-bond acceptors (Lipinski definition) is 4. The lowest BCUT2D eigenvalue weighted by atomic mass is 9.80. The minimum absolute atomic E-state index is 0.221. The van der Waals surface area contributed by atoms with E-state index in [1.165, 1.54) is 16.4 Å². The van der Waals surface area contributed by atoms with Crippen molar-refractivity contribution >= 4 is 18.2 Å². The van der Waals surface area contributed by atoms with Gasteiger partial charge in [0.1, 0.15) is 6.29 Å². The minimum Gasteiger partial charge on any atom is -0.303 e. The standard InChI is InChI=1S/C16H21NO2S/c1-12(2)16(10-9-13(3)15(16)11-18)17(19)20-14-7-5-4-6-8-14/h4-8,11,13,15,19H,1,9-10H2,2-3H3/t13-,15+,16+/m0/s1. The van der Waals surface area contributed by atoms with Crippen LogP contribution in [0.2, 0.25) is 0 Å². The van der Waals surface area contributed by atoms with Crippen molar-refractivity contribution in [3.63, 3.8) is 0 Å². The van der Waals surface area contributed by atoms with Crippen LogP contribution >= 0.6 is 11.9 Å². The number of carbonyl (C=O) groups is 1. The molecule has 3 atom stereocenters. The number of aldehydes is 1. The molecule has 3 nitrogen and oxygen atoms in total. The van der Waals surface area contributed by atoms with E-state index in [1.807, 2.05) is 37.3 Å². The summed E-state index contributed by atoms with van der Waals surface area (Å²) in [7, 11) is 0. The highest BCUT2D eigenvalue weighted by Crippen LogP contribution is 2.49. The molecule has 0 amide bonds. The van der Waals surface area contributed by atoms with E-state index < -0.39 is 5.54 Å². The smallest absolute Gasteiger partial charge is 0.125 e. The number of benzene rings is 1. The molecule has 0 saturated heterocycles. The van der Waals surface area contributed by atoms with Crippen LogP contribution in [0.3, 0.4) is 0 Å². The van der Waals surface area contributed by atoms with Gasteiger partial charge in [-0.25, -0.2) is 0 Å². The van der Waals surface area contributed by atoms with E-state index in [-0.39, 0.29) is 11.8 Å². The molecule has 0 radical (unpaired) electrons. The number of hydrogen-bond donors (Lipinski definition) is 1. The van der Waals surface area contributed by atoms with Gasteiger partial charge in [-0.3, -0.25) is 0 Å². The zero-order valence-electron chi connectivity index (χ0n) is 12.0. The average molecular weight is 291 g/mol. The average Bonchev–Trinajstić information content (AvgIpc) is 2.77. The third kappa shape index (κ3) is 2.55. The lowest BCUT2D eigenvalue weighted by Crippen LogP contribution is -2.48. The van der Waals surface area contributed by atoms with Gasteiger partial charge in [0.2, 0.25) is 0 Å². The van der Waals surface area contributed by atoms with E-state index in [1.54, 1.807) is 0 Å². The van der Waals surface area contributed by atoms with Crippen molar-refractivity contribution in [3.05, 3.63) is 42.5 Å². The molecule has 1 N–H and O–H groups in total. The van der Waals surface area contributed by atoms with Gasteiger partial charge in [0.25, 0.3) is 0 Å². The molecule has 1 aliphatic carbocycles. The van der Waals surface area contributed by atoms with Crippen molar-refractivity contribution in [1.82, 2.24) is 4.47 Å². The Balaban J connectivity index is 2.29. The van der Waals surface area contributed by atoms with Crippen LogP contribution < -0.4 is 0 Å². The molecule has 0 aromatic heterocycles. The molecule has 1 aliphatic rings. The van der Waals surface area contributed by atoms with Crippen LogP contribution in [-0.4, -0.2) is 21.5 Å². The van der Waals surface area contributed by atoms with Crippen molar-refractivity contribution in [2.45, 2.75) is 37.1 Å². The van der Waals surface area contributed by atoms with Crippen molar-refractivity contribution in [2.75, 3.05) is 0 Å². The van der Waals surface area contributed by atoms with Gasteiger partial charge < -0.3 is 10.0 Å². The van der Waals surface area contributed by atoms with Crippen LogP contribution in [0.4, 0.5) is 0 Å². The van der Waals surface area contributed by atoms with Crippen LogP contribution in [0, 0.1) is 11.8 Å². The zero-order chi connectivity index (χ0) is 14.8. The Bertz CT molecular complexity index is 491. The second-order valence-corrected chi connectivity index (χ2v) is 6.56. The van der Waals surface area contributed by atoms with Crippen LogP contribution in [-0.2, 0) is 4.79 Å². The van der Waals surface area contributed by atoms with Crippen LogP contribution in [0.5, 0.6) is 0 Å². The van der Waals surface area contributed by atoms with Gasteiger partial charge in [0.15, 0.2) is 0 Å². The fourth-order valence-electron chi connectivity index (χ4n) is 3.06. The maximum atomic E-state index is 11.5. The van der Waals surface area contributed by atoms with Crippen molar-refractivity contribution in [2.24, 2.45) is 11.8 Å². The molecule has 108 valence electrons. The first kappa shape index (κ1) is 15.3. The summed E-state index contributed by atoms with van der Waals surface area (Å²) >= 11 is 1.26. The molecule has 0 aliphatic heterocycles. The number of rotatable bonds is 5. The number of hydroxylamine groups is 1. The number of carbonyl (C=O) groups excluding carboxylic acids is 1. The Labute approximate surface area is 124 Å². The predicted octanol–water partition coefficient (Wildman–Crippen LogP) is 3.94. The summed E-state index contributed by atoms with van der Waals surface area (Å²) in [6.45, 7) is 7.98. The molecule has 0 unspecified atom stereocenters. The lowest BCUT2D eigenvalue weighted by molar-refractivity contribution is -0.123. The summed E-state index contributed by atoms with van der Waals surface area (Å²) in [4.78, 5) is 12.5. The molecule has 1 fully saturated rings. The zero-order valence-corrected chi connectivity index (χ0v) is 12.8. The predicted molar refractivity (Wildman–Crippen MR) is 81.4 cm³/mol. The molecule has 0 heterocycles. The minimum atomic E-state index is -0.665. The van der Waals surface area contributed by atoms with E-state index in [4.69, 9.17) is 0 Å². The van der Waals surface area contributed by atoms with E-state index in [0.717, 1.165) is 29.6 Å². The molecule has 1 saturated carbocycles. The Morgan fingerprint density at radius 1 is 1.50 bits per heavy atom. The SMILES string of the molecule is C=C(C)[C@]1(N(O)Sc2ccccc2)CC[C@H](C)[C@H]1C=O. The molecular weight excluding hydrogens is 270 g/mol. The van der Waals surface area contributed by atoms with Crippen molar-refractivity contribution < 1.29 is 10.0 Å². The molecule has 20 heavy (non-hydrogen) atoms. The van der Waals surface area contributed by atoms with Gasteiger partial charge in [0, 0.05) is 10.8 Å². The molecule has 4 heteroatoms. The maximum Gasteiger partial charge on any atom is 0.125 e. The van der Waals surface area contributed by atoms with E-state index >= 15 is 0 Å². The van der Waals surface area contributed by atoms with Crippen molar-refractivity contribution in [3.8, 4) is 0 Å². The summed E-state index contributed by atoms with van der Waals surface area (Å²) in [5.41, 5.74) is 0.173. The molecule has 1 aromatic carbocycles. The molecular formula is C16H21NO2S. The van der Waals surface area contributed by atoms with E-state index in [0.29, 0.717) is 0 Å². The normalized spacial score (nSPS) is 29.6. The molecule has 0 spiro atoms. The molecule has 2 rings (SSSR count). The van der Waals surface area contributed by atoms with Crippen molar-refractivity contribution in [1.29, 1.82) is 0 Å². The Morgan fingerprint density at radius 3 is 2.70 bits per heavy atom. The summed E-state index contributed by atoms with van der Waals surface area (Å²) in [5.74, 6) is 0.0384. The quantitative estimate of drug-likeness (QED) is 0.386. The van der Waals surface area contributed by atoms with Crippen LogP contribution in [0.15, 0.2) is 47.4 Å². The molecule has 0 bridgehead atoms. The topological polar surface area (TPSA) is 40.5 Å². The van der Waals surface area contributed by atoms with Crippen LogP contribution in [0.1, 0.15) is 26.7 Å². The Morgan fingerprint density at radius 2 is 2.15 bits per heavy atom. The second kappa shape index (κ2) is 6.12. The second-order valence-electron chi connectivity index (χ2n) is 5.56. The fourth-order valence-corrected chi connectivity index (χ4v) is 4.07. The largest absolute Gasteiger partial charge is 0.303 e. The summed E-state index contributed by atoms with van der Waals surface area (Å²) in [6, 6.07) is 9.67. The Kier molecular flexibility index (Phi) is 4.68. The lowest BCUT2D eigenvalue weighted by Gasteiger charge is -2.40. The van der Waals surface area contributed by atoms with E-state index in [2.05, 4.69) is 13.5 Å². The first-order valence-electron chi connectivity index (χ1n) is 6.85. The first-order chi connectivity index (χ1) is 9.52. The highest BCUT2D eigenvalue weighted by Gasteiger charge is 2.52. The number of nitrogens with zero attached hydrogens (tertiary/aromatic N) is 1. The van der Waals surface area contributed by atoms with Gasteiger partial charge >= 0.3 is 0 Å². The van der Waals surface area contributed by atoms with Gasteiger partial charge in [-0.2, -0.15) is 0 Å². The van der Waals surface area contributed by atoms with Gasteiger partial charge in [-0.05, 0) is 49.8 Å². The summed E-state index contributed by atoms with van der Waals surface area (Å²) in [6.07, 6.45) is 2.65. The first-order valence-corrected chi connectivity index (χ1v) is 7.63. The summed E-state index contributed by atoms with van der Waals surface area (Å²) < 4.78 is 1.24. The highest BCUT2D eigenvalue weighted by atomic mass is 32.2. The maximum absolute atomic E-state index is 11.5. The highest BCUT2D eigenvalue weighted by molar-refractivity contribution is 7.97. The van der Waals surface area contributed by atoms with Crippen LogP contribution in [0.25, 0.3) is 0 Å². The Hall–Kier alpha value is -1.10. The van der Waals surface area contributed by atoms with Gasteiger partial charge in [-0.1, -0.05) is 37.3 Å². The fraction of sp³-hybridized carbons (Fsp3) is 0.438. The van der Waals surface area contributed by atoms with Gasteiger partial charge in [-0.15, -0.1) is 4.47 Å². The third-order valence-corrected chi connectivity index (χ3v) is 5.29. The third-order valence-electron chi connectivity index (χ3n) is 4.31. The van der Waals surface area contributed by atoms with E-state index in [9.17, 15) is 10.0 Å². The molecule has 1 aromatic rings.